The first-order valence-corrected chi connectivity index (χ1v) is 9.25. The molecule has 0 heterocycles. The molecule has 2 aromatic rings. The zero-order valence-corrected chi connectivity index (χ0v) is 16.4. The molecule has 0 radical (unpaired) electrons. The molecular formula is C22H25NO6. The molecule has 0 spiro atoms. The van der Waals surface area contributed by atoms with Gasteiger partial charge in [-0.05, 0) is 67.8 Å². The Morgan fingerprint density at radius 1 is 0.931 bits per heavy atom. The second kappa shape index (κ2) is 12.1. The Morgan fingerprint density at radius 2 is 1.59 bits per heavy atom. The summed E-state index contributed by atoms with van der Waals surface area (Å²) in [5.74, 6) is 0.483. The summed E-state index contributed by atoms with van der Waals surface area (Å²) in [5.41, 5.74) is 3.65. The lowest BCUT2D eigenvalue weighted by atomic mass is 10.2. The van der Waals surface area contributed by atoms with Gasteiger partial charge in [0.15, 0.2) is 0 Å². The van der Waals surface area contributed by atoms with Gasteiger partial charge in [-0.15, -0.1) is 0 Å². The van der Waals surface area contributed by atoms with Crippen LogP contribution >= 0.6 is 0 Å². The number of ether oxygens (including phenoxy) is 3. The summed E-state index contributed by atoms with van der Waals surface area (Å²) >= 11 is 0. The van der Waals surface area contributed by atoms with E-state index in [2.05, 4.69) is 12.1 Å². The van der Waals surface area contributed by atoms with E-state index >= 15 is 0 Å². The minimum absolute atomic E-state index is 0.381. The predicted octanol–water partition coefficient (Wildman–Crippen LogP) is 4.16. The Morgan fingerprint density at radius 3 is 2.24 bits per heavy atom. The zero-order valence-electron chi connectivity index (χ0n) is 16.4. The van der Waals surface area contributed by atoms with E-state index in [1.165, 1.54) is 0 Å². The summed E-state index contributed by atoms with van der Waals surface area (Å²) in [7, 11) is 1.58. The lowest BCUT2D eigenvalue weighted by Crippen LogP contribution is -2.10. The highest BCUT2D eigenvalue weighted by atomic mass is 16.7. The lowest BCUT2D eigenvalue weighted by molar-refractivity contribution is -0.137. The fourth-order valence-corrected chi connectivity index (χ4v) is 2.31. The average Bonchev–Trinajstić information content (AvgIpc) is 2.77. The van der Waals surface area contributed by atoms with Gasteiger partial charge in [0, 0.05) is 6.08 Å². The maximum absolute atomic E-state index is 12.1. The van der Waals surface area contributed by atoms with Gasteiger partial charge in [-0.2, -0.15) is 0 Å². The molecule has 2 aromatic carbocycles. The third kappa shape index (κ3) is 7.96. The van der Waals surface area contributed by atoms with Crippen LogP contribution in [0.15, 0.2) is 61.2 Å². The number of carbonyl (C=O) groups excluding carboxylic acids is 2. The van der Waals surface area contributed by atoms with Crippen molar-refractivity contribution in [2.45, 2.75) is 19.3 Å². The Kier molecular flexibility index (Phi) is 9.08. The third-order valence-corrected chi connectivity index (χ3v) is 3.91. The van der Waals surface area contributed by atoms with Gasteiger partial charge in [0.1, 0.15) is 11.5 Å². The molecule has 0 unspecified atom stereocenters. The van der Waals surface area contributed by atoms with E-state index in [-0.39, 0.29) is 0 Å². The summed E-state index contributed by atoms with van der Waals surface area (Å²) in [4.78, 5) is 28.1. The average molecular weight is 399 g/mol. The third-order valence-electron chi connectivity index (χ3n) is 3.91. The second-order valence-electron chi connectivity index (χ2n) is 6.03. The fourth-order valence-electron chi connectivity index (χ4n) is 2.31. The number of carbonyl (C=O) groups is 2. The number of nitrogens with one attached hydrogen (secondary N) is 1. The highest BCUT2D eigenvalue weighted by Gasteiger charge is 2.08. The summed E-state index contributed by atoms with van der Waals surface area (Å²) in [6.07, 6.45) is 3.64. The van der Waals surface area contributed by atoms with Crippen molar-refractivity contribution in [3.8, 4) is 11.5 Å². The van der Waals surface area contributed by atoms with Crippen LogP contribution < -0.4 is 15.0 Å². The second-order valence-corrected chi connectivity index (χ2v) is 6.03. The number of hydrogen-bond acceptors (Lipinski definition) is 7. The van der Waals surface area contributed by atoms with Crippen molar-refractivity contribution in [3.63, 3.8) is 0 Å². The summed E-state index contributed by atoms with van der Waals surface area (Å²) in [5, 5.41) is 0. The molecule has 0 aliphatic carbocycles. The molecular weight excluding hydrogens is 374 g/mol. The van der Waals surface area contributed by atoms with E-state index in [4.69, 9.17) is 19.0 Å². The molecule has 1 N–H and O–H groups in total. The monoisotopic (exact) mass is 399 g/mol. The van der Waals surface area contributed by atoms with Crippen LogP contribution in [-0.2, 0) is 14.4 Å². The molecule has 0 aromatic heterocycles. The molecule has 7 nitrogen and oxygen atoms in total. The molecule has 0 saturated heterocycles. The molecule has 0 aliphatic heterocycles. The Hall–Kier alpha value is -3.48. The smallest absolute Gasteiger partial charge is 0.362 e. The van der Waals surface area contributed by atoms with Crippen LogP contribution in [0, 0.1) is 0 Å². The van der Waals surface area contributed by atoms with Crippen LogP contribution in [0.1, 0.15) is 29.6 Å². The molecule has 0 fully saturated rings. The van der Waals surface area contributed by atoms with Crippen molar-refractivity contribution in [2.75, 3.05) is 25.8 Å². The molecule has 0 aliphatic rings. The number of unbranched alkanes of at least 4 members (excludes halogenated alkanes) is 2. The standard InChI is InChI=1S/C22H25NO6/c1-3-21(24)28-16-6-4-5-15-27-20-11-7-17(8-12-20)22(25)29-23-18-9-13-19(26-2)14-10-18/h3,7-14,23H,1,4-6,15-16H2,2H3. The van der Waals surface area contributed by atoms with Crippen molar-refractivity contribution >= 4 is 17.6 Å². The molecule has 0 saturated carbocycles. The minimum atomic E-state index is -0.499. The van der Waals surface area contributed by atoms with E-state index in [1.54, 1.807) is 55.6 Å². The van der Waals surface area contributed by atoms with Crippen LogP contribution in [0.2, 0.25) is 0 Å². The van der Waals surface area contributed by atoms with Crippen molar-refractivity contribution in [1.82, 2.24) is 0 Å². The SMILES string of the molecule is C=CC(=O)OCCCCCOc1ccc(C(=O)ONc2ccc(OC)cc2)cc1. The quantitative estimate of drug-likeness (QED) is 0.248. The number of methoxy groups -OCH3 is 1. The molecule has 29 heavy (non-hydrogen) atoms. The lowest BCUT2D eigenvalue weighted by Gasteiger charge is -2.09. The van der Waals surface area contributed by atoms with Gasteiger partial charge in [0.2, 0.25) is 0 Å². The van der Waals surface area contributed by atoms with Gasteiger partial charge < -0.3 is 19.0 Å². The van der Waals surface area contributed by atoms with E-state index in [0.717, 1.165) is 25.3 Å². The number of benzene rings is 2. The van der Waals surface area contributed by atoms with Crippen molar-refractivity contribution < 1.29 is 28.6 Å². The van der Waals surface area contributed by atoms with Gasteiger partial charge in [-0.25, -0.2) is 15.1 Å². The molecule has 0 amide bonds. The number of rotatable bonds is 12. The Labute approximate surface area is 170 Å². The first kappa shape index (κ1) is 21.8. The highest BCUT2D eigenvalue weighted by molar-refractivity contribution is 5.90. The van der Waals surface area contributed by atoms with Crippen LogP contribution in [0.5, 0.6) is 11.5 Å². The molecule has 0 atom stereocenters. The molecule has 154 valence electrons. The van der Waals surface area contributed by atoms with Crippen LogP contribution in [0.25, 0.3) is 0 Å². The van der Waals surface area contributed by atoms with Gasteiger partial charge in [-0.3, -0.25) is 0 Å². The van der Waals surface area contributed by atoms with Crippen molar-refractivity contribution in [1.29, 1.82) is 0 Å². The number of esters is 1. The first-order valence-electron chi connectivity index (χ1n) is 9.25. The Bertz CT molecular complexity index is 786. The minimum Gasteiger partial charge on any atom is -0.497 e. The predicted molar refractivity (Wildman–Crippen MR) is 109 cm³/mol. The van der Waals surface area contributed by atoms with E-state index in [9.17, 15) is 9.59 Å². The normalized spacial score (nSPS) is 9.97. The van der Waals surface area contributed by atoms with E-state index in [0.29, 0.717) is 36.0 Å². The number of hydrogen-bond donors (Lipinski definition) is 1. The van der Waals surface area contributed by atoms with Crippen molar-refractivity contribution in [3.05, 3.63) is 66.7 Å². The summed E-state index contributed by atoms with van der Waals surface area (Å²) < 4.78 is 15.6. The van der Waals surface area contributed by atoms with E-state index < -0.39 is 11.9 Å². The largest absolute Gasteiger partial charge is 0.497 e. The zero-order chi connectivity index (χ0) is 20.9. The van der Waals surface area contributed by atoms with Gasteiger partial charge in [-0.1, -0.05) is 6.58 Å². The topological polar surface area (TPSA) is 83.1 Å². The van der Waals surface area contributed by atoms with Crippen LogP contribution in [0.4, 0.5) is 5.69 Å². The fraction of sp³-hybridized carbons (Fsp3) is 0.273. The van der Waals surface area contributed by atoms with Crippen LogP contribution in [-0.4, -0.2) is 32.3 Å². The van der Waals surface area contributed by atoms with Crippen molar-refractivity contribution in [2.24, 2.45) is 0 Å². The van der Waals surface area contributed by atoms with Gasteiger partial charge in [0.05, 0.1) is 31.6 Å². The molecule has 7 heteroatoms. The van der Waals surface area contributed by atoms with Gasteiger partial charge in [0.25, 0.3) is 0 Å². The maximum Gasteiger partial charge on any atom is 0.362 e. The highest BCUT2D eigenvalue weighted by Crippen LogP contribution is 2.16. The summed E-state index contributed by atoms with van der Waals surface area (Å²) in [6, 6.07) is 13.7. The Balaban J connectivity index is 1.65. The first-order chi connectivity index (χ1) is 14.1. The maximum atomic E-state index is 12.1. The van der Waals surface area contributed by atoms with E-state index in [1.807, 2.05) is 0 Å². The molecule has 0 bridgehead atoms. The number of anilines is 1. The molecule has 2 rings (SSSR count). The summed E-state index contributed by atoms with van der Waals surface area (Å²) in [6.45, 7) is 4.26. The van der Waals surface area contributed by atoms with Gasteiger partial charge >= 0.3 is 11.9 Å². The van der Waals surface area contributed by atoms with Crippen LogP contribution in [0.3, 0.4) is 0 Å².